The maximum atomic E-state index is 5.21. The monoisotopic (exact) mass is 380 g/mol. The predicted molar refractivity (Wildman–Crippen MR) is 105 cm³/mol. The number of rotatable bonds is 3. The predicted octanol–water partition coefficient (Wildman–Crippen LogP) is 3.61. The summed E-state index contributed by atoms with van der Waals surface area (Å²) in [4.78, 5) is 25.6. The van der Waals surface area contributed by atoms with Crippen LogP contribution >= 0.6 is 0 Å². The zero-order valence-electron chi connectivity index (χ0n) is 14.9. The molecule has 0 aliphatic rings. The lowest BCUT2D eigenvalue weighted by atomic mass is 10.1. The number of fused-ring (bicyclic) bond motifs is 2. The van der Waals surface area contributed by atoms with E-state index >= 15 is 0 Å². The molecule has 9 heteroatoms. The lowest BCUT2D eigenvalue weighted by molar-refractivity contribution is 0.568. The molecule has 0 saturated heterocycles. The highest BCUT2D eigenvalue weighted by atomic mass is 16.3. The standard InChI is InChI=1S/C20H12N8O/c1-2-14-18(24-13(1)15-8-21-4-5-23-15)19(28-27-14)20-25-16-9-22-7-12(17(16)26-20)11-3-6-29-10-11/h1-10H,(H,25,26)(H,27,28). The number of furan rings is 1. The maximum Gasteiger partial charge on any atom is 0.161 e. The summed E-state index contributed by atoms with van der Waals surface area (Å²) >= 11 is 0. The zero-order valence-corrected chi connectivity index (χ0v) is 14.9. The first-order valence-corrected chi connectivity index (χ1v) is 8.85. The van der Waals surface area contributed by atoms with Gasteiger partial charge in [0.05, 0.1) is 41.6 Å². The van der Waals surface area contributed by atoms with E-state index in [2.05, 4.69) is 30.1 Å². The molecule has 138 valence electrons. The summed E-state index contributed by atoms with van der Waals surface area (Å²) < 4.78 is 5.21. The minimum absolute atomic E-state index is 0.604. The number of aromatic nitrogens is 8. The topological polar surface area (TPSA) is 122 Å². The molecule has 0 atom stereocenters. The fraction of sp³-hybridized carbons (Fsp3) is 0. The van der Waals surface area contributed by atoms with E-state index in [-0.39, 0.29) is 0 Å². The highest BCUT2D eigenvalue weighted by Crippen LogP contribution is 2.31. The highest BCUT2D eigenvalue weighted by Gasteiger charge is 2.17. The van der Waals surface area contributed by atoms with Gasteiger partial charge in [0.25, 0.3) is 0 Å². The molecule has 6 rings (SSSR count). The van der Waals surface area contributed by atoms with Crippen molar-refractivity contribution in [2.45, 2.75) is 0 Å². The molecule has 0 amide bonds. The van der Waals surface area contributed by atoms with Gasteiger partial charge in [0.2, 0.25) is 0 Å². The molecule has 0 aliphatic heterocycles. The van der Waals surface area contributed by atoms with Gasteiger partial charge in [0, 0.05) is 29.7 Å². The molecule has 2 N–H and O–H groups in total. The molecule has 0 spiro atoms. The molecule has 0 fully saturated rings. The van der Waals surface area contributed by atoms with Crippen LogP contribution < -0.4 is 0 Å². The van der Waals surface area contributed by atoms with Gasteiger partial charge in [-0.2, -0.15) is 5.10 Å². The number of nitrogens with one attached hydrogen (secondary N) is 2. The molecule has 0 radical (unpaired) electrons. The maximum absolute atomic E-state index is 5.21. The second-order valence-electron chi connectivity index (χ2n) is 6.44. The third-order valence-corrected chi connectivity index (χ3v) is 4.68. The SMILES string of the molecule is c1cnc(-c2ccc3[nH]nc(-c4nc5c(-c6ccoc6)cncc5[nH]4)c3n2)cn1. The summed E-state index contributed by atoms with van der Waals surface area (Å²) in [5, 5.41) is 7.44. The summed E-state index contributed by atoms with van der Waals surface area (Å²) in [7, 11) is 0. The summed E-state index contributed by atoms with van der Waals surface area (Å²) in [6.45, 7) is 0. The second-order valence-corrected chi connectivity index (χ2v) is 6.44. The Morgan fingerprint density at radius 1 is 0.828 bits per heavy atom. The van der Waals surface area contributed by atoms with Gasteiger partial charge < -0.3 is 9.40 Å². The van der Waals surface area contributed by atoms with Crippen molar-refractivity contribution in [1.82, 2.24) is 40.1 Å². The molecule has 0 saturated carbocycles. The summed E-state index contributed by atoms with van der Waals surface area (Å²) in [5.41, 5.74) is 6.93. The Balaban J connectivity index is 1.53. The van der Waals surface area contributed by atoms with Crippen LogP contribution in [0.1, 0.15) is 0 Å². The number of aromatic amines is 2. The van der Waals surface area contributed by atoms with Crippen molar-refractivity contribution in [3.05, 3.63) is 61.7 Å². The minimum atomic E-state index is 0.604. The number of imidazole rings is 1. The number of hydrogen-bond donors (Lipinski definition) is 2. The average molecular weight is 380 g/mol. The largest absolute Gasteiger partial charge is 0.472 e. The third kappa shape index (κ3) is 2.48. The van der Waals surface area contributed by atoms with Gasteiger partial charge in [0.15, 0.2) is 11.5 Å². The van der Waals surface area contributed by atoms with E-state index in [4.69, 9.17) is 14.4 Å². The van der Waals surface area contributed by atoms with Gasteiger partial charge in [-0.05, 0) is 18.2 Å². The molecule has 0 bridgehead atoms. The van der Waals surface area contributed by atoms with Gasteiger partial charge in [-0.25, -0.2) is 9.97 Å². The number of pyridine rings is 2. The Kier molecular flexibility index (Phi) is 3.27. The fourth-order valence-electron chi connectivity index (χ4n) is 3.31. The zero-order chi connectivity index (χ0) is 19.2. The van der Waals surface area contributed by atoms with Crippen molar-refractivity contribution >= 4 is 22.1 Å². The van der Waals surface area contributed by atoms with E-state index in [9.17, 15) is 0 Å². The first-order chi connectivity index (χ1) is 14.4. The molecule has 0 aliphatic carbocycles. The van der Waals surface area contributed by atoms with Crippen LogP contribution in [0.15, 0.2) is 66.1 Å². The molecule has 6 aromatic heterocycles. The molecular formula is C20H12N8O. The summed E-state index contributed by atoms with van der Waals surface area (Å²) in [6, 6.07) is 5.68. The lowest BCUT2D eigenvalue weighted by Crippen LogP contribution is -1.89. The molecule has 0 unspecified atom stereocenters. The number of nitrogens with zero attached hydrogens (tertiary/aromatic N) is 6. The van der Waals surface area contributed by atoms with Crippen molar-refractivity contribution in [3.8, 4) is 34.0 Å². The van der Waals surface area contributed by atoms with Crippen molar-refractivity contribution in [3.63, 3.8) is 0 Å². The Bertz CT molecular complexity index is 1450. The van der Waals surface area contributed by atoms with Crippen LogP contribution in [0, 0.1) is 0 Å². The van der Waals surface area contributed by atoms with Crippen molar-refractivity contribution in [2.75, 3.05) is 0 Å². The van der Waals surface area contributed by atoms with Crippen LogP contribution in [-0.4, -0.2) is 40.1 Å². The van der Waals surface area contributed by atoms with Gasteiger partial charge >= 0.3 is 0 Å². The Morgan fingerprint density at radius 3 is 2.69 bits per heavy atom. The quantitative estimate of drug-likeness (QED) is 0.481. The summed E-state index contributed by atoms with van der Waals surface area (Å²) in [6.07, 6.45) is 11.8. The Labute approximate surface area is 162 Å². The molecular weight excluding hydrogens is 368 g/mol. The van der Waals surface area contributed by atoms with Crippen LogP contribution in [0.2, 0.25) is 0 Å². The van der Waals surface area contributed by atoms with E-state index in [0.29, 0.717) is 28.4 Å². The number of hydrogen-bond acceptors (Lipinski definition) is 7. The normalized spacial score (nSPS) is 11.4. The van der Waals surface area contributed by atoms with Gasteiger partial charge in [-0.1, -0.05) is 0 Å². The van der Waals surface area contributed by atoms with E-state index < -0.39 is 0 Å². The van der Waals surface area contributed by atoms with Gasteiger partial charge in [-0.3, -0.25) is 20.1 Å². The molecule has 0 aromatic carbocycles. The smallest absolute Gasteiger partial charge is 0.161 e. The van der Waals surface area contributed by atoms with E-state index in [0.717, 1.165) is 27.7 Å². The van der Waals surface area contributed by atoms with Crippen LogP contribution in [0.25, 0.3) is 56.1 Å². The van der Waals surface area contributed by atoms with Gasteiger partial charge in [0.1, 0.15) is 16.7 Å². The number of H-pyrrole nitrogens is 2. The lowest BCUT2D eigenvalue weighted by Gasteiger charge is -1.99. The molecule has 9 nitrogen and oxygen atoms in total. The van der Waals surface area contributed by atoms with Crippen molar-refractivity contribution in [2.24, 2.45) is 0 Å². The van der Waals surface area contributed by atoms with Crippen LogP contribution in [0.5, 0.6) is 0 Å². The van der Waals surface area contributed by atoms with Crippen LogP contribution in [-0.2, 0) is 0 Å². The first-order valence-electron chi connectivity index (χ1n) is 8.85. The van der Waals surface area contributed by atoms with Crippen LogP contribution in [0.3, 0.4) is 0 Å². The second kappa shape index (κ2) is 6.06. The Hall–Kier alpha value is -4.40. The molecule has 6 aromatic rings. The highest BCUT2D eigenvalue weighted by molar-refractivity contribution is 5.95. The Morgan fingerprint density at radius 2 is 1.83 bits per heavy atom. The fourth-order valence-corrected chi connectivity index (χ4v) is 3.31. The minimum Gasteiger partial charge on any atom is -0.472 e. The third-order valence-electron chi connectivity index (χ3n) is 4.68. The van der Waals surface area contributed by atoms with E-state index in [1.807, 2.05) is 18.2 Å². The van der Waals surface area contributed by atoms with Crippen molar-refractivity contribution in [1.29, 1.82) is 0 Å². The summed E-state index contributed by atoms with van der Waals surface area (Å²) in [5.74, 6) is 0.604. The average Bonchev–Trinajstić information content (AvgIpc) is 3.52. The first kappa shape index (κ1) is 15.6. The van der Waals surface area contributed by atoms with Crippen molar-refractivity contribution < 1.29 is 4.42 Å². The molecule has 29 heavy (non-hydrogen) atoms. The molecule has 6 heterocycles. The van der Waals surface area contributed by atoms with E-state index in [1.54, 1.807) is 43.5 Å². The van der Waals surface area contributed by atoms with Gasteiger partial charge in [-0.15, -0.1) is 0 Å². The van der Waals surface area contributed by atoms with Crippen LogP contribution in [0.4, 0.5) is 0 Å². The van der Waals surface area contributed by atoms with E-state index in [1.165, 1.54) is 0 Å².